The van der Waals surface area contributed by atoms with E-state index in [1.807, 2.05) is 30.3 Å². The average molecular weight is 508 g/mol. The number of ketones is 2. The Morgan fingerprint density at radius 1 is 0.703 bits per heavy atom. The second kappa shape index (κ2) is 7.68. The number of anilines is 1. The second-order valence-electron chi connectivity index (χ2n) is 9.54. The molecule has 7 rings (SSSR count). The van der Waals surface area contributed by atoms with Gasteiger partial charge in [-0.25, -0.2) is 4.90 Å². The summed E-state index contributed by atoms with van der Waals surface area (Å²) in [5.41, 5.74) is -0.722. The number of nitrogens with zero attached hydrogens (tertiary/aromatic N) is 1. The molecule has 0 bridgehead atoms. The number of benzene rings is 4. The molecule has 0 saturated carbocycles. The van der Waals surface area contributed by atoms with Crippen molar-refractivity contribution in [1.82, 2.24) is 0 Å². The van der Waals surface area contributed by atoms with Gasteiger partial charge in [0.15, 0.2) is 0 Å². The van der Waals surface area contributed by atoms with Crippen LogP contribution in [0.4, 0.5) is 5.69 Å². The van der Waals surface area contributed by atoms with E-state index in [-0.39, 0.29) is 11.1 Å². The van der Waals surface area contributed by atoms with Gasteiger partial charge in [-0.2, -0.15) is 0 Å². The van der Waals surface area contributed by atoms with Crippen molar-refractivity contribution in [1.29, 1.82) is 0 Å². The first kappa shape index (κ1) is 22.1. The van der Waals surface area contributed by atoms with E-state index >= 15 is 0 Å². The molecule has 180 valence electrons. The van der Waals surface area contributed by atoms with E-state index in [9.17, 15) is 19.2 Å². The maximum absolute atomic E-state index is 14.2. The summed E-state index contributed by atoms with van der Waals surface area (Å²) in [5.74, 6) is -4.64. The molecule has 2 fully saturated rings. The van der Waals surface area contributed by atoms with Gasteiger partial charge in [-0.3, -0.25) is 19.2 Å². The lowest BCUT2D eigenvalue weighted by Crippen LogP contribution is -2.51. The van der Waals surface area contributed by atoms with E-state index in [4.69, 9.17) is 16.3 Å². The Balaban J connectivity index is 1.44. The highest BCUT2D eigenvalue weighted by molar-refractivity contribution is 6.37. The third-order valence-electron chi connectivity index (χ3n) is 7.73. The highest BCUT2D eigenvalue weighted by atomic mass is 35.5. The Labute approximate surface area is 216 Å². The van der Waals surface area contributed by atoms with Crippen molar-refractivity contribution in [2.75, 3.05) is 4.90 Å². The Hall–Kier alpha value is -4.13. The van der Waals surface area contributed by atoms with E-state index in [1.165, 1.54) is 0 Å². The molecule has 2 aliphatic heterocycles. The minimum atomic E-state index is -2.11. The molecule has 3 aliphatic rings. The van der Waals surface area contributed by atoms with E-state index < -0.39 is 46.9 Å². The Morgan fingerprint density at radius 2 is 1.32 bits per heavy atom. The lowest BCUT2D eigenvalue weighted by atomic mass is 9.77. The monoisotopic (exact) mass is 507 g/mol. The fraction of sp³-hybridized carbons (Fsp3) is 0.133. The number of hydrogen-bond acceptors (Lipinski definition) is 5. The summed E-state index contributed by atoms with van der Waals surface area (Å²) in [6.07, 6.45) is -0.985. The van der Waals surface area contributed by atoms with Crippen LogP contribution in [0.2, 0.25) is 5.02 Å². The molecule has 2 amide bonds. The summed E-state index contributed by atoms with van der Waals surface area (Å²) >= 11 is 6.09. The molecule has 0 radical (unpaired) electrons. The molecule has 3 unspecified atom stereocenters. The van der Waals surface area contributed by atoms with Gasteiger partial charge >= 0.3 is 0 Å². The number of fused-ring (bicyclic) bond motifs is 4. The molecule has 3 atom stereocenters. The summed E-state index contributed by atoms with van der Waals surface area (Å²) < 4.78 is 6.31. The summed E-state index contributed by atoms with van der Waals surface area (Å²) in [7, 11) is 0. The third kappa shape index (κ3) is 2.79. The topological polar surface area (TPSA) is 80.8 Å². The van der Waals surface area contributed by atoms with Gasteiger partial charge in [0.05, 0.1) is 23.6 Å². The maximum Gasteiger partial charge on any atom is 0.241 e. The van der Waals surface area contributed by atoms with Crippen molar-refractivity contribution in [3.8, 4) is 0 Å². The molecule has 6 nitrogen and oxygen atoms in total. The first-order chi connectivity index (χ1) is 17.9. The number of hydrogen-bond donors (Lipinski definition) is 0. The molecule has 2 heterocycles. The van der Waals surface area contributed by atoms with Crippen LogP contribution in [0.3, 0.4) is 0 Å². The molecular formula is C30H18ClNO5. The van der Waals surface area contributed by atoms with Gasteiger partial charge in [0, 0.05) is 21.5 Å². The predicted octanol–water partition coefficient (Wildman–Crippen LogP) is 5.19. The highest BCUT2D eigenvalue weighted by Crippen LogP contribution is 2.58. The first-order valence-electron chi connectivity index (χ1n) is 11.9. The number of carbonyl (C=O) groups is 4. The number of rotatable bonds is 2. The van der Waals surface area contributed by atoms with E-state index in [2.05, 4.69) is 0 Å². The normalized spacial score (nSPS) is 23.8. The molecule has 1 aliphatic carbocycles. The third-order valence-corrected chi connectivity index (χ3v) is 7.98. The van der Waals surface area contributed by atoms with Crippen LogP contribution in [0, 0.1) is 11.8 Å². The van der Waals surface area contributed by atoms with Crippen LogP contribution in [0.5, 0.6) is 0 Å². The maximum atomic E-state index is 14.2. The summed E-state index contributed by atoms with van der Waals surface area (Å²) in [5, 5.41) is 2.06. The van der Waals surface area contributed by atoms with Crippen molar-refractivity contribution in [2.24, 2.45) is 11.8 Å². The van der Waals surface area contributed by atoms with Gasteiger partial charge in [0.25, 0.3) is 0 Å². The van der Waals surface area contributed by atoms with Gasteiger partial charge in [-0.05, 0) is 29.1 Å². The number of imide groups is 1. The molecule has 7 heteroatoms. The first-order valence-corrected chi connectivity index (χ1v) is 12.3. The van der Waals surface area contributed by atoms with E-state index in [0.29, 0.717) is 16.3 Å². The molecule has 4 aromatic rings. The summed E-state index contributed by atoms with van der Waals surface area (Å²) in [4.78, 5) is 57.1. The van der Waals surface area contributed by atoms with Crippen LogP contribution in [-0.4, -0.2) is 29.0 Å². The minimum Gasteiger partial charge on any atom is -0.349 e. The van der Waals surface area contributed by atoms with Crippen LogP contribution >= 0.6 is 11.6 Å². The quantitative estimate of drug-likeness (QED) is 0.275. The Morgan fingerprint density at radius 3 is 2.03 bits per heavy atom. The molecule has 4 aromatic carbocycles. The lowest BCUT2D eigenvalue weighted by molar-refractivity contribution is -0.127. The molecule has 0 N–H and O–H groups in total. The predicted molar refractivity (Wildman–Crippen MR) is 137 cm³/mol. The second-order valence-corrected chi connectivity index (χ2v) is 9.98. The van der Waals surface area contributed by atoms with Gasteiger partial charge in [-0.1, -0.05) is 84.4 Å². The van der Waals surface area contributed by atoms with Gasteiger partial charge in [0.2, 0.25) is 29.0 Å². The average Bonchev–Trinajstić information content (AvgIpc) is 3.49. The van der Waals surface area contributed by atoms with Crippen LogP contribution in [0.15, 0.2) is 91.0 Å². The molecule has 37 heavy (non-hydrogen) atoms. The number of carbonyl (C=O) groups excluding carboxylic acids is 4. The SMILES string of the molecule is O=C1C2C(c3ccc(Cl)cc3)OC3(C(=O)c4ccccc4C3=O)C2C(=O)N1c1cccc2ccccc12. The zero-order valence-electron chi connectivity index (χ0n) is 19.3. The number of halogens is 1. The summed E-state index contributed by atoms with van der Waals surface area (Å²) in [6.45, 7) is 0. The molecule has 2 saturated heterocycles. The van der Waals surface area contributed by atoms with Crippen LogP contribution in [-0.2, 0) is 14.3 Å². The van der Waals surface area contributed by atoms with Crippen molar-refractivity contribution in [2.45, 2.75) is 11.7 Å². The van der Waals surface area contributed by atoms with Crippen LogP contribution in [0.1, 0.15) is 32.4 Å². The van der Waals surface area contributed by atoms with Crippen molar-refractivity contribution in [3.05, 3.63) is 113 Å². The Kier molecular flexibility index (Phi) is 4.59. The van der Waals surface area contributed by atoms with Gasteiger partial charge < -0.3 is 4.74 Å². The largest absolute Gasteiger partial charge is 0.349 e. The van der Waals surface area contributed by atoms with Gasteiger partial charge in [0.1, 0.15) is 0 Å². The standard InChI is InChI=1S/C30H18ClNO5/c31-18-14-12-17(13-15-18)25-23-24(30(37-25)26(33)20-9-3-4-10-21(20)27(30)34)29(36)32(28(23)35)22-11-5-7-16-6-1-2-8-19(16)22/h1-15,23-25H. The lowest BCUT2D eigenvalue weighted by Gasteiger charge is -2.27. The van der Waals surface area contributed by atoms with Crippen molar-refractivity contribution in [3.63, 3.8) is 0 Å². The Bertz CT molecular complexity index is 1640. The number of ether oxygens (including phenoxy) is 1. The fourth-order valence-electron chi connectivity index (χ4n) is 6.11. The number of Topliss-reactive ketones (excluding diaryl/α,β-unsaturated/α-hetero) is 2. The zero-order valence-corrected chi connectivity index (χ0v) is 20.0. The minimum absolute atomic E-state index is 0.201. The summed E-state index contributed by atoms with van der Waals surface area (Å²) in [6, 6.07) is 25.9. The smallest absolute Gasteiger partial charge is 0.241 e. The zero-order chi connectivity index (χ0) is 25.5. The molecular weight excluding hydrogens is 490 g/mol. The van der Waals surface area contributed by atoms with Crippen molar-refractivity contribution >= 4 is 51.4 Å². The van der Waals surface area contributed by atoms with E-state index in [0.717, 1.165) is 15.7 Å². The fourth-order valence-corrected chi connectivity index (χ4v) is 6.24. The highest BCUT2D eigenvalue weighted by Gasteiger charge is 2.74. The molecule has 0 aromatic heterocycles. The van der Waals surface area contributed by atoms with Gasteiger partial charge in [-0.15, -0.1) is 0 Å². The molecule has 1 spiro atoms. The van der Waals surface area contributed by atoms with Crippen LogP contribution in [0.25, 0.3) is 10.8 Å². The van der Waals surface area contributed by atoms with E-state index in [1.54, 1.807) is 60.7 Å². The van der Waals surface area contributed by atoms with Crippen LogP contribution < -0.4 is 4.90 Å². The number of amides is 2. The van der Waals surface area contributed by atoms with Crippen molar-refractivity contribution < 1.29 is 23.9 Å².